The lowest BCUT2D eigenvalue weighted by Crippen LogP contribution is -2.43. The van der Waals surface area contributed by atoms with Gasteiger partial charge in [-0.1, -0.05) is 15.9 Å². The largest absolute Gasteiger partial charge is 0.347 e. The normalized spacial score (nSPS) is 11.1. The summed E-state index contributed by atoms with van der Waals surface area (Å²) in [6, 6.07) is 5.56. The van der Waals surface area contributed by atoms with Gasteiger partial charge in [0.15, 0.2) is 0 Å². The van der Waals surface area contributed by atoms with Crippen molar-refractivity contribution in [1.82, 2.24) is 5.32 Å². The molecular weight excluding hydrogens is 300 g/mol. The lowest BCUT2D eigenvalue weighted by molar-refractivity contribution is -0.384. The first-order valence-corrected chi connectivity index (χ1v) is 6.61. The molecule has 0 fully saturated rings. The van der Waals surface area contributed by atoms with Crippen molar-refractivity contribution in [1.29, 1.82) is 0 Å². The molecule has 0 aliphatic heterocycles. The zero-order valence-electron chi connectivity index (χ0n) is 10.3. The molecule has 5 nitrogen and oxygen atoms in total. The van der Waals surface area contributed by atoms with Gasteiger partial charge in [0.1, 0.15) is 0 Å². The highest BCUT2D eigenvalue weighted by Crippen LogP contribution is 2.14. The molecule has 0 atom stereocenters. The maximum Gasteiger partial charge on any atom is 0.269 e. The molecule has 0 saturated heterocycles. The van der Waals surface area contributed by atoms with Crippen LogP contribution < -0.4 is 5.32 Å². The number of benzene rings is 1. The van der Waals surface area contributed by atoms with Gasteiger partial charge in [-0.3, -0.25) is 14.9 Å². The number of nitrogens with zero attached hydrogens (tertiary/aromatic N) is 1. The number of nitro groups is 1. The molecule has 6 heteroatoms. The summed E-state index contributed by atoms with van der Waals surface area (Å²) < 4.78 is 0. The second-order valence-corrected chi connectivity index (χ2v) is 5.37. The van der Waals surface area contributed by atoms with Crippen molar-refractivity contribution in [2.45, 2.75) is 25.8 Å². The molecule has 0 aliphatic rings. The fourth-order valence-electron chi connectivity index (χ4n) is 1.41. The first kappa shape index (κ1) is 14.6. The van der Waals surface area contributed by atoms with Gasteiger partial charge in [0.2, 0.25) is 0 Å². The van der Waals surface area contributed by atoms with Gasteiger partial charge in [-0.05, 0) is 32.4 Å². The summed E-state index contributed by atoms with van der Waals surface area (Å²) in [5.74, 6) is -0.226. The zero-order valence-corrected chi connectivity index (χ0v) is 11.9. The second-order valence-electron chi connectivity index (χ2n) is 4.58. The topological polar surface area (TPSA) is 72.2 Å². The van der Waals surface area contributed by atoms with Crippen molar-refractivity contribution < 1.29 is 9.72 Å². The smallest absolute Gasteiger partial charge is 0.269 e. The van der Waals surface area contributed by atoms with Gasteiger partial charge < -0.3 is 5.32 Å². The molecule has 0 radical (unpaired) electrons. The zero-order chi connectivity index (χ0) is 13.8. The molecule has 0 unspecified atom stereocenters. The van der Waals surface area contributed by atoms with Gasteiger partial charge in [-0.25, -0.2) is 0 Å². The van der Waals surface area contributed by atoms with Crippen LogP contribution in [0.3, 0.4) is 0 Å². The van der Waals surface area contributed by atoms with E-state index in [0.29, 0.717) is 5.56 Å². The molecule has 1 aromatic carbocycles. The van der Waals surface area contributed by atoms with E-state index >= 15 is 0 Å². The van der Waals surface area contributed by atoms with E-state index in [0.717, 1.165) is 11.8 Å². The molecule has 0 aliphatic carbocycles. The number of amides is 1. The minimum atomic E-state index is -0.490. The van der Waals surface area contributed by atoms with Gasteiger partial charge in [-0.15, -0.1) is 0 Å². The van der Waals surface area contributed by atoms with Gasteiger partial charge >= 0.3 is 0 Å². The van der Waals surface area contributed by atoms with Crippen molar-refractivity contribution in [2.24, 2.45) is 0 Å². The SMILES string of the molecule is CC(C)(CCBr)NC(=O)c1ccc([N+](=O)[O-])cc1. The van der Waals surface area contributed by atoms with Crippen LogP contribution in [0, 0.1) is 10.1 Å². The lowest BCUT2D eigenvalue weighted by Gasteiger charge is -2.25. The monoisotopic (exact) mass is 314 g/mol. The molecule has 0 bridgehead atoms. The molecular formula is C12H15BrN2O3. The third kappa shape index (κ3) is 4.10. The van der Waals surface area contributed by atoms with Gasteiger partial charge in [0, 0.05) is 28.6 Å². The van der Waals surface area contributed by atoms with E-state index in [9.17, 15) is 14.9 Å². The van der Waals surface area contributed by atoms with E-state index in [2.05, 4.69) is 21.2 Å². The van der Waals surface area contributed by atoms with E-state index in [1.54, 1.807) is 0 Å². The first-order chi connectivity index (χ1) is 8.35. The predicted molar refractivity (Wildman–Crippen MR) is 73.1 cm³/mol. The number of alkyl halides is 1. The standard InChI is InChI=1S/C12H15BrN2O3/c1-12(2,7-8-13)14-11(16)9-3-5-10(6-4-9)15(17)18/h3-6H,7-8H2,1-2H3,(H,14,16). The lowest BCUT2D eigenvalue weighted by atomic mass is 10.0. The van der Waals surface area contributed by atoms with Gasteiger partial charge in [0.05, 0.1) is 4.92 Å². The fraction of sp³-hybridized carbons (Fsp3) is 0.417. The maximum atomic E-state index is 11.9. The summed E-state index contributed by atoms with van der Waals surface area (Å²) in [7, 11) is 0. The molecule has 0 spiro atoms. The number of halogens is 1. The average Bonchev–Trinajstić information content (AvgIpc) is 2.28. The van der Waals surface area contributed by atoms with Crippen LogP contribution in [-0.2, 0) is 0 Å². The van der Waals surface area contributed by atoms with Crippen molar-refractivity contribution in [2.75, 3.05) is 5.33 Å². The van der Waals surface area contributed by atoms with Crippen molar-refractivity contribution in [3.05, 3.63) is 39.9 Å². The Bertz CT molecular complexity index is 443. The number of rotatable bonds is 5. The first-order valence-electron chi connectivity index (χ1n) is 5.49. The molecule has 98 valence electrons. The highest BCUT2D eigenvalue weighted by Gasteiger charge is 2.20. The molecule has 0 heterocycles. The van der Waals surface area contributed by atoms with Crippen LogP contribution in [0.1, 0.15) is 30.6 Å². The van der Waals surface area contributed by atoms with E-state index in [4.69, 9.17) is 0 Å². The Morgan fingerprint density at radius 1 is 1.39 bits per heavy atom. The van der Waals surface area contributed by atoms with Crippen LogP contribution in [0.4, 0.5) is 5.69 Å². The van der Waals surface area contributed by atoms with Crippen molar-refractivity contribution >= 4 is 27.5 Å². The number of nitrogens with one attached hydrogen (secondary N) is 1. The third-order valence-electron chi connectivity index (χ3n) is 2.51. The predicted octanol–water partition coefficient (Wildman–Crippen LogP) is 2.89. The summed E-state index contributed by atoms with van der Waals surface area (Å²) in [6.07, 6.45) is 0.797. The molecule has 0 aromatic heterocycles. The summed E-state index contributed by atoms with van der Waals surface area (Å²) in [4.78, 5) is 21.9. The summed E-state index contributed by atoms with van der Waals surface area (Å²) in [5, 5.41) is 14.2. The minimum Gasteiger partial charge on any atom is -0.347 e. The Balaban J connectivity index is 2.76. The van der Waals surface area contributed by atoms with Crippen LogP contribution in [0.25, 0.3) is 0 Å². The summed E-state index contributed by atoms with van der Waals surface area (Å²) in [6.45, 7) is 3.86. The molecule has 1 amide bonds. The van der Waals surface area contributed by atoms with Crippen molar-refractivity contribution in [3.8, 4) is 0 Å². The van der Waals surface area contributed by atoms with Crippen molar-refractivity contribution in [3.63, 3.8) is 0 Å². The van der Waals surface area contributed by atoms with E-state index in [1.807, 2.05) is 13.8 Å². The molecule has 1 rings (SSSR count). The Morgan fingerprint density at radius 3 is 2.39 bits per heavy atom. The molecule has 18 heavy (non-hydrogen) atoms. The number of nitro benzene ring substituents is 1. The second kappa shape index (κ2) is 5.95. The quantitative estimate of drug-likeness (QED) is 0.516. The number of hydrogen-bond acceptors (Lipinski definition) is 3. The Hall–Kier alpha value is -1.43. The minimum absolute atomic E-state index is 0.0220. The summed E-state index contributed by atoms with van der Waals surface area (Å²) in [5.41, 5.74) is 0.0806. The fourth-order valence-corrected chi connectivity index (χ4v) is 2.40. The molecule has 1 aromatic rings. The van der Waals surface area contributed by atoms with Gasteiger partial charge in [0.25, 0.3) is 11.6 Å². The van der Waals surface area contributed by atoms with Crippen LogP contribution in [-0.4, -0.2) is 21.7 Å². The number of carbonyl (C=O) groups excluding carboxylic acids is 1. The third-order valence-corrected chi connectivity index (χ3v) is 2.91. The highest BCUT2D eigenvalue weighted by molar-refractivity contribution is 9.09. The highest BCUT2D eigenvalue weighted by atomic mass is 79.9. The number of hydrogen-bond donors (Lipinski definition) is 1. The van der Waals surface area contributed by atoms with Gasteiger partial charge in [-0.2, -0.15) is 0 Å². The van der Waals surface area contributed by atoms with E-state index in [1.165, 1.54) is 24.3 Å². The number of carbonyl (C=O) groups is 1. The average molecular weight is 315 g/mol. The maximum absolute atomic E-state index is 11.9. The van der Waals surface area contributed by atoms with Crippen LogP contribution >= 0.6 is 15.9 Å². The Labute approximate surface area is 114 Å². The molecule has 1 N–H and O–H groups in total. The van der Waals surface area contributed by atoms with Crippen LogP contribution in [0.2, 0.25) is 0 Å². The van der Waals surface area contributed by atoms with E-state index < -0.39 is 4.92 Å². The van der Waals surface area contributed by atoms with Crippen LogP contribution in [0.5, 0.6) is 0 Å². The molecule has 0 saturated carbocycles. The van der Waals surface area contributed by atoms with Crippen LogP contribution in [0.15, 0.2) is 24.3 Å². The summed E-state index contributed by atoms with van der Waals surface area (Å²) >= 11 is 3.33. The van der Waals surface area contributed by atoms with E-state index in [-0.39, 0.29) is 17.1 Å². The number of non-ortho nitro benzene ring substituents is 1. The Morgan fingerprint density at radius 2 is 1.94 bits per heavy atom. The Kier molecular flexibility index (Phi) is 4.84.